The van der Waals surface area contributed by atoms with E-state index in [1.807, 2.05) is 54.2 Å². The van der Waals surface area contributed by atoms with Crippen LogP contribution in [-0.4, -0.2) is 9.78 Å². The van der Waals surface area contributed by atoms with Gasteiger partial charge in [-0.1, -0.05) is 57.6 Å². The molecule has 0 radical (unpaired) electrons. The fourth-order valence-electron chi connectivity index (χ4n) is 1.77. The van der Waals surface area contributed by atoms with Gasteiger partial charge >= 0.3 is 0 Å². The number of halogens is 1. The van der Waals surface area contributed by atoms with Gasteiger partial charge in [-0.15, -0.1) is 0 Å². The zero-order valence-electron chi connectivity index (χ0n) is 10.8. The van der Waals surface area contributed by atoms with Crippen LogP contribution in [0.2, 0.25) is 0 Å². The Bertz CT molecular complexity index is 773. The van der Waals surface area contributed by atoms with Gasteiger partial charge < -0.3 is 0 Å². The summed E-state index contributed by atoms with van der Waals surface area (Å²) >= 11 is 5.01. The van der Waals surface area contributed by atoms with Gasteiger partial charge in [0.25, 0.3) is 0 Å². The van der Waals surface area contributed by atoms with Crippen LogP contribution in [0.25, 0.3) is 10.6 Å². The summed E-state index contributed by atoms with van der Waals surface area (Å²) in [6.07, 6.45) is 0. The highest BCUT2D eigenvalue weighted by molar-refractivity contribution is 9.10. The number of hydrogen-bond donors (Lipinski definition) is 0. The van der Waals surface area contributed by atoms with E-state index >= 15 is 0 Å². The fourth-order valence-corrected chi connectivity index (χ4v) is 2.95. The van der Waals surface area contributed by atoms with Crippen molar-refractivity contribution in [3.05, 3.63) is 63.9 Å². The van der Waals surface area contributed by atoms with Crippen LogP contribution in [0.3, 0.4) is 0 Å². The predicted molar refractivity (Wildman–Crippen MR) is 85.9 cm³/mol. The summed E-state index contributed by atoms with van der Waals surface area (Å²) in [6.45, 7) is 0. The van der Waals surface area contributed by atoms with E-state index in [1.165, 1.54) is 0 Å². The Kier molecular flexibility index (Phi) is 3.80. The van der Waals surface area contributed by atoms with E-state index in [1.54, 1.807) is 11.3 Å². The predicted octanol–water partition coefficient (Wildman–Crippen LogP) is 4.14. The van der Waals surface area contributed by atoms with Gasteiger partial charge in [-0.25, -0.2) is 9.67 Å². The van der Waals surface area contributed by atoms with Crippen LogP contribution in [0.4, 0.5) is 5.69 Å². The molecule has 0 aliphatic heterocycles. The lowest BCUT2D eigenvalue weighted by Gasteiger charge is -1.92. The molecule has 0 bridgehead atoms. The van der Waals surface area contributed by atoms with E-state index in [0.717, 1.165) is 25.5 Å². The molecular weight excluding hydrogens is 334 g/mol. The number of hydrogen-bond acceptors (Lipinski definition) is 3. The Hall–Kier alpha value is -1.72. The van der Waals surface area contributed by atoms with Crippen molar-refractivity contribution in [3.63, 3.8) is 0 Å². The first-order valence-corrected chi connectivity index (χ1v) is 7.73. The molecular formula is C15H12BrN3S. The Morgan fingerprint density at radius 2 is 1.75 bits per heavy atom. The summed E-state index contributed by atoms with van der Waals surface area (Å²) in [5.74, 6) is 0. The molecule has 0 aliphatic rings. The monoisotopic (exact) mass is 345 g/mol. The van der Waals surface area contributed by atoms with Gasteiger partial charge in [0.15, 0.2) is 0 Å². The minimum Gasteiger partial charge on any atom is -0.241 e. The third kappa shape index (κ3) is 2.89. The zero-order valence-corrected chi connectivity index (χ0v) is 13.2. The second-order valence-electron chi connectivity index (χ2n) is 4.27. The zero-order chi connectivity index (χ0) is 13.9. The minimum atomic E-state index is 0.881. The second kappa shape index (κ2) is 5.73. The summed E-state index contributed by atoms with van der Waals surface area (Å²) in [4.78, 5) is 5.51. The number of benzene rings is 2. The lowest BCUT2D eigenvalue weighted by molar-refractivity contribution is 0.732. The molecule has 1 heterocycles. The molecule has 0 spiro atoms. The summed E-state index contributed by atoms with van der Waals surface area (Å²) in [5, 5.41) is 5.50. The van der Waals surface area contributed by atoms with Crippen molar-refractivity contribution >= 4 is 33.0 Å². The molecule has 20 heavy (non-hydrogen) atoms. The van der Waals surface area contributed by atoms with Crippen LogP contribution in [0.1, 0.15) is 0 Å². The first kappa shape index (κ1) is 13.3. The molecule has 3 nitrogen and oxygen atoms in total. The third-order valence-electron chi connectivity index (χ3n) is 2.78. The van der Waals surface area contributed by atoms with Crippen LogP contribution in [0, 0.1) is 0 Å². The van der Waals surface area contributed by atoms with Crippen molar-refractivity contribution in [2.45, 2.75) is 0 Å². The molecule has 100 valence electrons. The Morgan fingerprint density at radius 3 is 2.45 bits per heavy atom. The van der Waals surface area contributed by atoms with Crippen LogP contribution in [-0.2, 0) is 7.05 Å². The number of aromatic nitrogens is 2. The van der Waals surface area contributed by atoms with Gasteiger partial charge in [0.1, 0.15) is 5.01 Å². The van der Waals surface area contributed by atoms with Gasteiger partial charge in [-0.05, 0) is 24.3 Å². The van der Waals surface area contributed by atoms with E-state index in [9.17, 15) is 0 Å². The van der Waals surface area contributed by atoms with Crippen LogP contribution >= 0.6 is 27.3 Å². The van der Waals surface area contributed by atoms with Crippen LogP contribution in [0.5, 0.6) is 0 Å². The van der Waals surface area contributed by atoms with Crippen molar-refractivity contribution in [1.29, 1.82) is 0 Å². The molecule has 3 rings (SSSR count). The molecule has 1 aromatic heterocycles. The van der Waals surface area contributed by atoms with Crippen molar-refractivity contribution in [1.82, 2.24) is 9.78 Å². The molecule has 3 aromatic rings. The van der Waals surface area contributed by atoms with Gasteiger partial charge in [0.2, 0.25) is 4.80 Å². The quantitative estimate of drug-likeness (QED) is 0.686. The Balaban J connectivity index is 2.03. The molecule has 0 aliphatic carbocycles. The smallest absolute Gasteiger partial charge is 0.208 e. The van der Waals surface area contributed by atoms with Crippen LogP contribution in [0.15, 0.2) is 64.1 Å². The average molecular weight is 346 g/mol. The van der Waals surface area contributed by atoms with E-state index in [4.69, 9.17) is 0 Å². The lowest BCUT2D eigenvalue weighted by Crippen LogP contribution is -2.10. The summed E-state index contributed by atoms with van der Waals surface area (Å²) in [7, 11) is 1.92. The maximum absolute atomic E-state index is 4.63. The normalized spacial score (nSPS) is 11.8. The first-order valence-electron chi connectivity index (χ1n) is 6.12. The largest absolute Gasteiger partial charge is 0.241 e. The average Bonchev–Trinajstić information content (AvgIpc) is 2.84. The molecule has 0 N–H and O–H groups in total. The van der Waals surface area contributed by atoms with Crippen molar-refractivity contribution < 1.29 is 0 Å². The summed E-state index contributed by atoms with van der Waals surface area (Å²) < 4.78 is 2.87. The van der Waals surface area contributed by atoms with Gasteiger partial charge in [-0.2, -0.15) is 5.10 Å². The van der Waals surface area contributed by atoms with E-state index in [2.05, 4.69) is 38.2 Å². The maximum Gasteiger partial charge on any atom is 0.208 e. The second-order valence-corrected chi connectivity index (χ2v) is 6.14. The fraction of sp³-hybridized carbons (Fsp3) is 0.0667. The molecule has 5 heteroatoms. The lowest BCUT2D eigenvalue weighted by atomic mass is 10.2. The van der Waals surface area contributed by atoms with Gasteiger partial charge in [0, 0.05) is 17.1 Å². The highest BCUT2D eigenvalue weighted by atomic mass is 79.9. The Labute approximate surface area is 129 Å². The Morgan fingerprint density at radius 1 is 1.05 bits per heavy atom. The summed E-state index contributed by atoms with van der Waals surface area (Å²) in [5.41, 5.74) is 2.04. The van der Waals surface area contributed by atoms with E-state index in [0.29, 0.717) is 0 Å². The van der Waals surface area contributed by atoms with E-state index in [-0.39, 0.29) is 0 Å². The van der Waals surface area contributed by atoms with Crippen molar-refractivity contribution in [3.8, 4) is 10.6 Å². The molecule has 0 fully saturated rings. The first-order chi connectivity index (χ1) is 9.72. The van der Waals surface area contributed by atoms with Gasteiger partial charge in [-0.3, -0.25) is 0 Å². The molecule has 0 saturated carbocycles. The number of nitrogens with zero attached hydrogens (tertiary/aromatic N) is 3. The standard InChI is InChI=1S/C15H12BrN3S/c1-19-15(17-13-9-7-12(16)8-10-13)20-14(18-19)11-5-3-2-4-6-11/h2-10H,1H3. The number of aryl methyl sites for hydroxylation is 1. The molecule has 0 unspecified atom stereocenters. The molecule has 0 amide bonds. The minimum absolute atomic E-state index is 0.881. The van der Waals surface area contributed by atoms with Crippen molar-refractivity contribution in [2.24, 2.45) is 12.0 Å². The number of rotatable bonds is 2. The highest BCUT2D eigenvalue weighted by Gasteiger charge is 2.04. The third-order valence-corrected chi connectivity index (χ3v) is 4.36. The molecule has 0 atom stereocenters. The topological polar surface area (TPSA) is 30.2 Å². The van der Waals surface area contributed by atoms with E-state index < -0.39 is 0 Å². The SMILES string of the molecule is Cn1nc(-c2ccccc2)sc1=Nc1ccc(Br)cc1. The highest BCUT2D eigenvalue weighted by Crippen LogP contribution is 2.20. The van der Waals surface area contributed by atoms with Gasteiger partial charge in [0.05, 0.1) is 5.69 Å². The molecule has 2 aromatic carbocycles. The summed E-state index contributed by atoms with van der Waals surface area (Å²) in [6, 6.07) is 18.1. The van der Waals surface area contributed by atoms with Crippen LogP contribution < -0.4 is 4.80 Å². The molecule has 0 saturated heterocycles. The maximum atomic E-state index is 4.63. The van der Waals surface area contributed by atoms with Crippen molar-refractivity contribution in [2.75, 3.05) is 0 Å².